The first kappa shape index (κ1) is 17.4. The number of nitrogens with one attached hydrogen (secondary N) is 1. The Morgan fingerprint density at radius 2 is 1.58 bits per heavy atom. The van der Waals surface area contributed by atoms with Gasteiger partial charge in [0.25, 0.3) is 5.91 Å². The fourth-order valence-electron chi connectivity index (χ4n) is 2.31. The number of hydrogen-bond donors (Lipinski definition) is 1. The number of anilines is 1. The van der Waals surface area contributed by atoms with Crippen LogP contribution in [0.3, 0.4) is 0 Å². The minimum Gasteiger partial charge on any atom is -0.484 e. The molecule has 0 bridgehead atoms. The minimum atomic E-state index is -0.236. The van der Waals surface area contributed by atoms with Crippen molar-refractivity contribution < 1.29 is 14.3 Å². The van der Waals surface area contributed by atoms with E-state index in [1.54, 1.807) is 36.4 Å². The highest BCUT2D eigenvalue weighted by atomic mass is 16.5. The summed E-state index contributed by atoms with van der Waals surface area (Å²) in [6.07, 6.45) is 0. The van der Waals surface area contributed by atoms with Gasteiger partial charge in [0, 0.05) is 17.1 Å². The molecule has 2 aromatic carbocycles. The van der Waals surface area contributed by atoms with E-state index in [9.17, 15) is 4.79 Å². The van der Waals surface area contributed by atoms with Gasteiger partial charge in [0.2, 0.25) is 0 Å². The zero-order valence-electron chi connectivity index (χ0n) is 14.6. The van der Waals surface area contributed by atoms with E-state index in [2.05, 4.69) is 15.3 Å². The summed E-state index contributed by atoms with van der Waals surface area (Å²) in [7, 11) is 0. The molecule has 0 aliphatic rings. The molecule has 1 N–H and O–H groups in total. The SMILES string of the molecule is Cc1cc(C)nc(Oc2ccc(NC(=O)COc3ccccc3)cc2)n1. The van der Waals surface area contributed by atoms with Crippen LogP contribution in [0.2, 0.25) is 0 Å². The number of para-hydroxylation sites is 1. The highest BCUT2D eigenvalue weighted by molar-refractivity contribution is 5.91. The smallest absolute Gasteiger partial charge is 0.322 e. The molecule has 132 valence electrons. The molecule has 0 unspecified atom stereocenters. The van der Waals surface area contributed by atoms with Crippen molar-refractivity contribution >= 4 is 11.6 Å². The molecule has 0 aliphatic carbocycles. The van der Waals surface area contributed by atoms with Crippen LogP contribution in [0.5, 0.6) is 17.5 Å². The van der Waals surface area contributed by atoms with Gasteiger partial charge in [-0.3, -0.25) is 4.79 Å². The third kappa shape index (κ3) is 5.04. The van der Waals surface area contributed by atoms with Gasteiger partial charge in [0.1, 0.15) is 11.5 Å². The molecule has 0 aliphatic heterocycles. The molecule has 0 saturated carbocycles. The standard InChI is InChI=1S/C20H19N3O3/c1-14-12-15(2)22-20(21-14)26-18-10-8-16(9-11-18)23-19(24)13-25-17-6-4-3-5-7-17/h3-12H,13H2,1-2H3,(H,23,24). The first-order valence-electron chi connectivity index (χ1n) is 8.16. The van der Waals surface area contributed by atoms with Crippen LogP contribution in [0.1, 0.15) is 11.4 Å². The van der Waals surface area contributed by atoms with E-state index in [-0.39, 0.29) is 12.5 Å². The summed E-state index contributed by atoms with van der Waals surface area (Å²) in [6.45, 7) is 3.72. The Morgan fingerprint density at radius 3 is 2.23 bits per heavy atom. The van der Waals surface area contributed by atoms with Crippen molar-refractivity contribution in [2.24, 2.45) is 0 Å². The fraction of sp³-hybridized carbons (Fsp3) is 0.150. The Bertz CT molecular complexity index is 860. The van der Waals surface area contributed by atoms with Crippen molar-refractivity contribution in [1.29, 1.82) is 0 Å². The lowest BCUT2D eigenvalue weighted by Gasteiger charge is -2.09. The lowest BCUT2D eigenvalue weighted by atomic mass is 10.3. The predicted molar refractivity (Wildman–Crippen MR) is 98.6 cm³/mol. The van der Waals surface area contributed by atoms with Crippen LogP contribution in [-0.4, -0.2) is 22.5 Å². The van der Waals surface area contributed by atoms with E-state index in [1.807, 2.05) is 38.1 Å². The van der Waals surface area contributed by atoms with E-state index >= 15 is 0 Å². The molecule has 3 rings (SSSR count). The zero-order chi connectivity index (χ0) is 18.4. The lowest BCUT2D eigenvalue weighted by molar-refractivity contribution is -0.118. The van der Waals surface area contributed by atoms with Gasteiger partial charge in [-0.1, -0.05) is 18.2 Å². The summed E-state index contributed by atoms with van der Waals surface area (Å²) in [6, 6.07) is 18.4. The quantitative estimate of drug-likeness (QED) is 0.730. The molecule has 1 aromatic heterocycles. The summed E-state index contributed by atoms with van der Waals surface area (Å²) in [5.41, 5.74) is 2.34. The van der Waals surface area contributed by atoms with Gasteiger partial charge in [0.15, 0.2) is 6.61 Å². The molecule has 6 nitrogen and oxygen atoms in total. The average Bonchev–Trinajstić information content (AvgIpc) is 2.62. The number of carbonyl (C=O) groups is 1. The van der Waals surface area contributed by atoms with Gasteiger partial charge in [-0.25, -0.2) is 9.97 Å². The van der Waals surface area contributed by atoms with E-state index in [1.165, 1.54) is 0 Å². The van der Waals surface area contributed by atoms with Crippen LogP contribution in [-0.2, 0) is 4.79 Å². The molecule has 0 atom stereocenters. The normalized spacial score (nSPS) is 10.2. The van der Waals surface area contributed by atoms with Crippen LogP contribution in [0, 0.1) is 13.8 Å². The Hall–Kier alpha value is -3.41. The van der Waals surface area contributed by atoms with E-state index in [0.717, 1.165) is 11.4 Å². The first-order chi connectivity index (χ1) is 12.6. The van der Waals surface area contributed by atoms with Gasteiger partial charge in [0.05, 0.1) is 0 Å². The first-order valence-corrected chi connectivity index (χ1v) is 8.16. The summed E-state index contributed by atoms with van der Waals surface area (Å²) in [5.74, 6) is 1.01. The van der Waals surface area contributed by atoms with Gasteiger partial charge >= 0.3 is 6.01 Å². The van der Waals surface area contributed by atoms with Crippen molar-refractivity contribution in [3.8, 4) is 17.5 Å². The second-order valence-corrected chi connectivity index (χ2v) is 5.71. The van der Waals surface area contributed by atoms with Crippen LogP contribution in [0.4, 0.5) is 5.69 Å². The largest absolute Gasteiger partial charge is 0.484 e. The van der Waals surface area contributed by atoms with Crippen LogP contribution in [0.25, 0.3) is 0 Å². The number of carbonyl (C=O) groups excluding carboxylic acids is 1. The highest BCUT2D eigenvalue weighted by Crippen LogP contribution is 2.21. The van der Waals surface area contributed by atoms with Crippen molar-refractivity contribution in [2.45, 2.75) is 13.8 Å². The molecular weight excluding hydrogens is 330 g/mol. The van der Waals surface area contributed by atoms with Crippen LogP contribution >= 0.6 is 0 Å². The highest BCUT2D eigenvalue weighted by Gasteiger charge is 2.06. The maximum atomic E-state index is 11.9. The molecule has 26 heavy (non-hydrogen) atoms. The Morgan fingerprint density at radius 1 is 0.923 bits per heavy atom. The number of ether oxygens (including phenoxy) is 2. The number of nitrogens with zero attached hydrogens (tertiary/aromatic N) is 2. The summed E-state index contributed by atoms with van der Waals surface area (Å²) < 4.78 is 11.1. The van der Waals surface area contributed by atoms with E-state index < -0.39 is 0 Å². The van der Waals surface area contributed by atoms with E-state index in [4.69, 9.17) is 9.47 Å². The Kier molecular flexibility index (Phi) is 5.43. The van der Waals surface area contributed by atoms with Crippen molar-refractivity contribution in [3.63, 3.8) is 0 Å². The van der Waals surface area contributed by atoms with Crippen LogP contribution < -0.4 is 14.8 Å². The number of rotatable bonds is 6. The number of aryl methyl sites for hydroxylation is 2. The number of amides is 1. The van der Waals surface area contributed by atoms with Crippen molar-refractivity contribution in [1.82, 2.24) is 9.97 Å². The number of benzene rings is 2. The molecule has 0 saturated heterocycles. The second-order valence-electron chi connectivity index (χ2n) is 5.71. The van der Waals surface area contributed by atoms with Gasteiger partial charge < -0.3 is 14.8 Å². The van der Waals surface area contributed by atoms with Gasteiger partial charge in [-0.15, -0.1) is 0 Å². The Labute approximate surface area is 151 Å². The molecule has 1 heterocycles. The number of aromatic nitrogens is 2. The monoisotopic (exact) mass is 349 g/mol. The topological polar surface area (TPSA) is 73.3 Å². The zero-order valence-corrected chi connectivity index (χ0v) is 14.6. The third-order valence-electron chi connectivity index (χ3n) is 3.42. The summed E-state index contributed by atoms with van der Waals surface area (Å²) in [5, 5.41) is 2.77. The van der Waals surface area contributed by atoms with Gasteiger partial charge in [-0.05, 0) is 56.3 Å². The van der Waals surface area contributed by atoms with Crippen LogP contribution in [0.15, 0.2) is 60.7 Å². The molecule has 0 radical (unpaired) electrons. The maximum absolute atomic E-state index is 11.9. The average molecular weight is 349 g/mol. The molecule has 1 amide bonds. The van der Waals surface area contributed by atoms with Gasteiger partial charge in [-0.2, -0.15) is 0 Å². The second kappa shape index (κ2) is 8.11. The molecule has 0 fully saturated rings. The van der Waals surface area contributed by atoms with Crippen molar-refractivity contribution in [2.75, 3.05) is 11.9 Å². The third-order valence-corrected chi connectivity index (χ3v) is 3.42. The molecule has 6 heteroatoms. The van der Waals surface area contributed by atoms with Crippen molar-refractivity contribution in [3.05, 3.63) is 72.1 Å². The molecular formula is C20H19N3O3. The minimum absolute atomic E-state index is 0.0569. The predicted octanol–water partition coefficient (Wildman–Crippen LogP) is 3.90. The Balaban J connectivity index is 1.54. The van der Waals surface area contributed by atoms with E-state index in [0.29, 0.717) is 23.2 Å². The summed E-state index contributed by atoms with van der Waals surface area (Å²) in [4.78, 5) is 20.4. The molecule has 0 spiro atoms. The fourth-order valence-corrected chi connectivity index (χ4v) is 2.31. The summed E-state index contributed by atoms with van der Waals surface area (Å²) >= 11 is 0. The lowest BCUT2D eigenvalue weighted by Crippen LogP contribution is -2.20. The maximum Gasteiger partial charge on any atom is 0.322 e. The molecule has 3 aromatic rings. The number of hydrogen-bond acceptors (Lipinski definition) is 5.